The van der Waals surface area contributed by atoms with E-state index >= 15 is 0 Å². The van der Waals surface area contributed by atoms with Crippen molar-refractivity contribution in [2.75, 3.05) is 0 Å². The van der Waals surface area contributed by atoms with Crippen LogP contribution in [0.15, 0.2) is 167 Å². The third-order valence-corrected chi connectivity index (χ3v) is 8.12. The summed E-state index contributed by atoms with van der Waals surface area (Å²) in [6.07, 6.45) is 1.95. The maximum atomic E-state index is 6.49. The highest BCUT2D eigenvalue weighted by atomic mass is 16.3. The molecule has 3 heteroatoms. The van der Waals surface area contributed by atoms with Crippen LogP contribution >= 0.6 is 0 Å². The monoisotopic (exact) mass is 552 g/mol. The minimum absolute atomic E-state index is 0.189. The molecule has 7 aromatic rings. The Morgan fingerprint density at radius 3 is 1.98 bits per heavy atom. The zero-order chi connectivity index (χ0) is 28.6. The molecular weight excluding hydrogens is 524 g/mol. The minimum Gasteiger partial charge on any atom is -0.456 e. The molecule has 0 amide bonds. The summed E-state index contributed by atoms with van der Waals surface area (Å²) in [5, 5.41) is 5.86. The number of furan rings is 1. The maximum absolute atomic E-state index is 6.49. The fourth-order valence-electron chi connectivity index (χ4n) is 5.99. The summed E-state index contributed by atoms with van der Waals surface area (Å²) >= 11 is 0. The predicted molar refractivity (Wildman–Crippen MR) is 178 cm³/mol. The zero-order valence-electron chi connectivity index (χ0n) is 23.4. The lowest BCUT2D eigenvalue weighted by Crippen LogP contribution is -2.24. The molecule has 0 spiro atoms. The van der Waals surface area contributed by atoms with Crippen molar-refractivity contribution in [3.05, 3.63) is 174 Å². The first kappa shape index (κ1) is 25.1. The van der Waals surface area contributed by atoms with Crippen LogP contribution in [-0.2, 0) is 0 Å². The van der Waals surface area contributed by atoms with Gasteiger partial charge >= 0.3 is 0 Å². The number of nitrogens with zero attached hydrogens (tertiary/aromatic N) is 1. The SMILES string of the molecule is C1=C(c2ccccc2)NC(c2ccccc2)N=C1c1ccc2c(c1)oc1cccc(-c3cccc(-c4ccccc4)c3)c12. The molecule has 0 aliphatic carbocycles. The highest BCUT2D eigenvalue weighted by Crippen LogP contribution is 2.38. The number of fused-ring (bicyclic) bond motifs is 3. The molecule has 0 radical (unpaired) electrons. The third-order valence-electron chi connectivity index (χ3n) is 8.12. The summed E-state index contributed by atoms with van der Waals surface area (Å²) in [4.78, 5) is 5.15. The van der Waals surface area contributed by atoms with Crippen LogP contribution in [0.3, 0.4) is 0 Å². The van der Waals surface area contributed by atoms with Crippen molar-refractivity contribution in [3.63, 3.8) is 0 Å². The van der Waals surface area contributed by atoms with E-state index in [4.69, 9.17) is 9.41 Å². The van der Waals surface area contributed by atoms with E-state index in [9.17, 15) is 0 Å². The van der Waals surface area contributed by atoms with Gasteiger partial charge in [-0.1, -0.05) is 127 Å². The van der Waals surface area contributed by atoms with Gasteiger partial charge in [0.25, 0.3) is 0 Å². The first-order valence-corrected chi connectivity index (χ1v) is 14.6. The van der Waals surface area contributed by atoms with Crippen LogP contribution in [0.5, 0.6) is 0 Å². The van der Waals surface area contributed by atoms with E-state index in [-0.39, 0.29) is 6.17 Å². The van der Waals surface area contributed by atoms with Crippen molar-refractivity contribution in [3.8, 4) is 22.3 Å². The first-order chi connectivity index (χ1) is 21.3. The van der Waals surface area contributed by atoms with Gasteiger partial charge in [0.15, 0.2) is 0 Å². The zero-order valence-corrected chi connectivity index (χ0v) is 23.4. The van der Waals surface area contributed by atoms with Gasteiger partial charge in [-0.15, -0.1) is 0 Å². The topological polar surface area (TPSA) is 37.5 Å². The smallest absolute Gasteiger partial charge is 0.145 e. The predicted octanol–water partition coefficient (Wildman–Crippen LogP) is 10.1. The van der Waals surface area contributed by atoms with Crippen LogP contribution in [0.1, 0.15) is 22.9 Å². The van der Waals surface area contributed by atoms with E-state index in [1.165, 1.54) is 16.7 Å². The van der Waals surface area contributed by atoms with E-state index < -0.39 is 0 Å². The van der Waals surface area contributed by atoms with E-state index in [1.807, 2.05) is 12.1 Å². The number of nitrogens with one attached hydrogen (secondary N) is 1. The van der Waals surface area contributed by atoms with Gasteiger partial charge in [0.1, 0.15) is 17.3 Å². The Bertz CT molecular complexity index is 2140. The summed E-state index contributed by atoms with van der Waals surface area (Å²) in [5.41, 5.74) is 11.7. The van der Waals surface area contributed by atoms with Crippen LogP contribution in [0.2, 0.25) is 0 Å². The largest absolute Gasteiger partial charge is 0.456 e. The third kappa shape index (κ3) is 4.71. The van der Waals surface area contributed by atoms with Crippen LogP contribution < -0.4 is 5.32 Å². The van der Waals surface area contributed by atoms with Gasteiger partial charge in [-0.3, -0.25) is 4.99 Å². The number of hydrogen-bond donors (Lipinski definition) is 1. The summed E-state index contributed by atoms with van der Waals surface area (Å²) in [6.45, 7) is 0. The second kappa shape index (κ2) is 10.6. The average molecular weight is 553 g/mol. The van der Waals surface area contributed by atoms with Gasteiger partial charge in [0.05, 0.1) is 5.71 Å². The fourth-order valence-corrected chi connectivity index (χ4v) is 5.99. The van der Waals surface area contributed by atoms with E-state index in [1.54, 1.807) is 0 Å². The molecule has 0 saturated carbocycles. The van der Waals surface area contributed by atoms with Crippen LogP contribution in [0.4, 0.5) is 0 Å². The molecule has 43 heavy (non-hydrogen) atoms. The molecule has 0 saturated heterocycles. The van der Waals surface area contributed by atoms with Gasteiger partial charge in [-0.25, -0.2) is 0 Å². The standard InChI is InChI=1S/C40H28N2O/c1-4-12-27(13-5-1)30-18-10-19-31(24-30)33-20-11-21-37-39(33)34-23-22-32(25-38(34)43-37)36-26-35(28-14-6-2-7-15-28)41-40(42-36)29-16-8-3-9-17-29/h1-26,40-41H. The lowest BCUT2D eigenvalue weighted by Gasteiger charge is -2.25. The molecule has 3 nitrogen and oxygen atoms in total. The first-order valence-electron chi connectivity index (χ1n) is 14.6. The molecule has 1 unspecified atom stereocenters. The second-order valence-corrected chi connectivity index (χ2v) is 10.8. The highest BCUT2D eigenvalue weighted by molar-refractivity contribution is 6.17. The van der Waals surface area contributed by atoms with Gasteiger partial charge in [0, 0.05) is 22.0 Å². The Labute approximate surface area is 250 Å². The fraction of sp³-hybridized carbons (Fsp3) is 0.0250. The van der Waals surface area contributed by atoms with E-state index in [0.29, 0.717) is 0 Å². The molecule has 0 fully saturated rings. The van der Waals surface area contributed by atoms with Crippen molar-refractivity contribution in [1.82, 2.24) is 5.32 Å². The van der Waals surface area contributed by atoms with Crippen molar-refractivity contribution < 1.29 is 4.42 Å². The molecule has 6 aromatic carbocycles. The van der Waals surface area contributed by atoms with Crippen molar-refractivity contribution in [1.29, 1.82) is 0 Å². The maximum Gasteiger partial charge on any atom is 0.145 e. The lowest BCUT2D eigenvalue weighted by atomic mass is 9.95. The Morgan fingerprint density at radius 2 is 1.19 bits per heavy atom. The Kier molecular flexibility index (Phi) is 6.20. The molecule has 1 aliphatic rings. The van der Waals surface area contributed by atoms with Gasteiger partial charge in [-0.2, -0.15) is 0 Å². The van der Waals surface area contributed by atoms with Gasteiger partial charge in [-0.05, 0) is 63.7 Å². The van der Waals surface area contributed by atoms with Gasteiger partial charge in [0.2, 0.25) is 0 Å². The number of rotatable bonds is 5. The van der Waals surface area contributed by atoms with E-state index in [0.717, 1.165) is 55.6 Å². The van der Waals surface area contributed by atoms with Gasteiger partial charge < -0.3 is 9.73 Å². The molecule has 1 aromatic heterocycles. The lowest BCUT2D eigenvalue weighted by molar-refractivity contribution is 0.663. The van der Waals surface area contributed by atoms with Crippen LogP contribution in [0, 0.1) is 0 Å². The Hall–Kier alpha value is -5.67. The van der Waals surface area contributed by atoms with Crippen molar-refractivity contribution >= 4 is 33.3 Å². The Morgan fingerprint density at radius 1 is 0.512 bits per heavy atom. The summed E-state index contributed by atoms with van der Waals surface area (Å²) in [5.74, 6) is 0. The van der Waals surface area contributed by atoms with Crippen molar-refractivity contribution in [2.24, 2.45) is 4.99 Å². The molecule has 1 atom stereocenters. The highest BCUT2D eigenvalue weighted by Gasteiger charge is 2.20. The molecule has 1 aliphatic heterocycles. The number of benzene rings is 6. The number of aliphatic imine (C=N–C) groups is 1. The second-order valence-electron chi connectivity index (χ2n) is 10.8. The van der Waals surface area contributed by atoms with Crippen LogP contribution in [0.25, 0.3) is 49.9 Å². The van der Waals surface area contributed by atoms with E-state index in [2.05, 4.69) is 151 Å². The van der Waals surface area contributed by atoms with Crippen LogP contribution in [-0.4, -0.2) is 5.71 Å². The molecular formula is C40H28N2O. The van der Waals surface area contributed by atoms with Crippen molar-refractivity contribution in [2.45, 2.75) is 6.17 Å². The summed E-state index contributed by atoms with van der Waals surface area (Å²) < 4.78 is 6.49. The average Bonchev–Trinajstić information content (AvgIpc) is 3.47. The number of hydrogen-bond acceptors (Lipinski definition) is 3. The summed E-state index contributed by atoms with van der Waals surface area (Å²) in [6, 6.07) is 52.8. The number of allylic oxidation sites excluding steroid dienone is 1. The normalized spacial score (nSPS) is 14.7. The Balaban J connectivity index is 1.24. The quantitative estimate of drug-likeness (QED) is 0.231. The molecule has 8 rings (SSSR count). The minimum atomic E-state index is -0.189. The molecule has 204 valence electrons. The molecule has 0 bridgehead atoms. The summed E-state index contributed by atoms with van der Waals surface area (Å²) in [7, 11) is 0. The molecule has 1 N–H and O–H groups in total. The molecule has 2 heterocycles.